The van der Waals surface area contributed by atoms with Crippen LogP contribution < -0.4 is 20.1 Å². The highest BCUT2D eigenvalue weighted by Crippen LogP contribution is 2.43. The number of benzene rings is 2. The summed E-state index contributed by atoms with van der Waals surface area (Å²) in [6.45, 7) is 2.52. The summed E-state index contributed by atoms with van der Waals surface area (Å²) < 4.78 is 22.0. The molecule has 4 aliphatic carbocycles. The Labute approximate surface area is 418 Å². The topological polar surface area (TPSA) is 269 Å². The Kier molecular flexibility index (Phi) is 16.7. The molecule has 8 rings (SSSR count). The van der Waals surface area contributed by atoms with Crippen molar-refractivity contribution in [3.8, 4) is 23.0 Å². The number of hydrogen-bond donors (Lipinski definition) is 6. The minimum absolute atomic E-state index is 0.0970. The third-order valence-corrected chi connectivity index (χ3v) is 14.2. The number of H-pyrrole nitrogens is 2. The van der Waals surface area contributed by atoms with Crippen LogP contribution in [0.2, 0.25) is 0 Å². The summed E-state index contributed by atoms with van der Waals surface area (Å²) in [7, 11) is 13.5. The number of hydrogen-bond acceptors (Lipinski definition) is 16. The van der Waals surface area contributed by atoms with Crippen molar-refractivity contribution in [2.45, 2.75) is 95.2 Å². The normalized spacial score (nSPS) is 20.9. The van der Waals surface area contributed by atoms with E-state index in [1.165, 1.54) is 23.2 Å². The molecule has 2 saturated carbocycles. The predicted molar refractivity (Wildman–Crippen MR) is 266 cm³/mol. The number of hydrazine groups is 2. The van der Waals surface area contributed by atoms with Gasteiger partial charge in [-0.2, -0.15) is 10.2 Å². The number of aromatic amines is 2. The van der Waals surface area contributed by atoms with E-state index in [0.717, 1.165) is 53.8 Å². The average molecular weight is 998 g/mol. The monoisotopic (exact) mass is 998 g/mol. The van der Waals surface area contributed by atoms with E-state index in [1.54, 1.807) is 71.7 Å². The van der Waals surface area contributed by atoms with Gasteiger partial charge < -0.3 is 39.8 Å². The number of nitrogens with zero attached hydrogens (tertiary/aromatic N) is 7. The first-order valence-electron chi connectivity index (χ1n) is 24.2. The van der Waals surface area contributed by atoms with Crippen LogP contribution in [-0.2, 0) is 44.7 Å². The number of rotatable bonds is 15. The van der Waals surface area contributed by atoms with E-state index >= 15 is 0 Å². The Balaban J connectivity index is 0.000000212. The summed E-state index contributed by atoms with van der Waals surface area (Å²) in [5, 5.41) is 47.1. The number of methoxy groups -OCH3 is 2. The first-order chi connectivity index (χ1) is 34.4. The molecule has 4 aliphatic rings. The lowest BCUT2D eigenvalue weighted by Gasteiger charge is -2.25. The molecule has 2 aromatic heterocycles. The minimum Gasteiger partial charge on any atom is -0.507 e. The van der Waals surface area contributed by atoms with Crippen LogP contribution in [0.1, 0.15) is 107 Å². The van der Waals surface area contributed by atoms with Crippen molar-refractivity contribution in [3.63, 3.8) is 0 Å². The predicted octanol–water partition coefficient (Wildman–Crippen LogP) is 5.57. The van der Waals surface area contributed by atoms with Gasteiger partial charge in [-0.25, -0.2) is 29.6 Å². The standard InChI is InChI=1S/C26H36N6O5.C24H31N5O6/c1-6-27-14-20-18-10-16(11-19(18)23(36-5)13-22(20)33)25(34)28-24-12-21(29-30-24)15-7-8-17(9-15)37-26(35)32(4)31(2)3;1-28(2)29(3)24(33)35-15-6-5-13(7-15)19-10-22(27-26-19)25-23(32)14-8-16-17(9-14)21(34-4)11-20(31)18(16)12-30/h12-17,33H,6-11H2,1-5H3,(H2,28,29,30,34);10-15,31H,5-9H2,1-4H3,(H2,25,26,27,32)/t15-,16-,17+;13-,14-,15+/m00/s1. The molecule has 0 saturated heterocycles. The first kappa shape index (κ1) is 52.6. The van der Waals surface area contributed by atoms with Gasteiger partial charge in [0, 0.05) is 120 Å². The fourth-order valence-electron chi connectivity index (χ4n) is 9.85. The summed E-state index contributed by atoms with van der Waals surface area (Å²) >= 11 is 0. The molecule has 388 valence electrons. The zero-order chi connectivity index (χ0) is 52.0. The zero-order valence-corrected chi connectivity index (χ0v) is 42.4. The molecule has 2 aromatic carbocycles. The van der Waals surface area contributed by atoms with E-state index in [0.29, 0.717) is 85.6 Å². The third kappa shape index (κ3) is 11.8. The number of aromatic hydroxyl groups is 2. The maximum Gasteiger partial charge on any atom is 0.424 e. The maximum absolute atomic E-state index is 13.1. The molecule has 0 unspecified atom stereocenters. The van der Waals surface area contributed by atoms with Crippen molar-refractivity contribution in [2.24, 2.45) is 16.8 Å². The molecule has 6 N–H and O–H groups in total. The van der Waals surface area contributed by atoms with Crippen LogP contribution >= 0.6 is 0 Å². The second-order valence-corrected chi connectivity index (χ2v) is 19.1. The smallest absolute Gasteiger partial charge is 0.424 e. The van der Waals surface area contributed by atoms with Crippen molar-refractivity contribution >= 4 is 48.1 Å². The highest BCUT2D eigenvalue weighted by atomic mass is 16.6. The van der Waals surface area contributed by atoms with Crippen LogP contribution in [0.4, 0.5) is 21.2 Å². The maximum atomic E-state index is 13.1. The molecule has 2 heterocycles. The van der Waals surface area contributed by atoms with Gasteiger partial charge in [0.1, 0.15) is 35.2 Å². The fourth-order valence-corrected chi connectivity index (χ4v) is 9.85. The molecule has 2 fully saturated rings. The number of carbonyl (C=O) groups is 5. The van der Waals surface area contributed by atoms with Crippen molar-refractivity contribution in [1.29, 1.82) is 0 Å². The Hall–Kier alpha value is -7.20. The lowest BCUT2D eigenvalue weighted by molar-refractivity contribution is -0.120. The highest BCUT2D eigenvalue weighted by Gasteiger charge is 2.37. The molecule has 6 atom stereocenters. The van der Waals surface area contributed by atoms with Gasteiger partial charge >= 0.3 is 12.2 Å². The number of fused-ring (bicyclic) bond motifs is 2. The summed E-state index contributed by atoms with van der Waals surface area (Å²) in [5.74, 6) is 1.10. The van der Waals surface area contributed by atoms with E-state index in [-0.39, 0.29) is 64.9 Å². The number of aldehydes is 1. The zero-order valence-electron chi connectivity index (χ0n) is 42.4. The first-order valence-corrected chi connectivity index (χ1v) is 24.2. The van der Waals surface area contributed by atoms with E-state index < -0.39 is 12.0 Å². The van der Waals surface area contributed by atoms with Crippen molar-refractivity contribution in [2.75, 3.05) is 73.7 Å². The number of amides is 4. The lowest BCUT2D eigenvalue weighted by atomic mass is 10.0. The van der Waals surface area contributed by atoms with Crippen molar-refractivity contribution < 1.29 is 53.1 Å². The molecule has 4 amide bonds. The van der Waals surface area contributed by atoms with Gasteiger partial charge in [-0.3, -0.25) is 29.6 Å². The van der Waals surface area contributed by atoms with Gasteiger partial charge in [-0.05, 0) is 93.4 Å². The van der Waals surface area contributed by atoms with Crippen molar-refractivity contribution in [3.05, 3.63) is 69.0 Å². The number of aliphatic imine (C=N–C) groups is 1. The Morgan fingerprint density at radius 3 is 1.49 bits per heavy atom. The van der Waals surface area contributed by atoms with E-state index in [1.807, 2.05) is 19.1 Å². The molecule has 0 bridgehead atoms. The summed E-state index contributed by atoms with van der Waals surface area (Å²) in [5.41, 5.74) is 5.86. The SMILES string of the molecule is CCN=Cc1c(O)cc(OC)c2c1C[C@H](C(=O)Nc1cc([C@H]3CC[C@@H](OC(=O)N(C)N(C)C)C3)[nH]n1)C2.COc1cc(O)c(C=O)c2c1C[C@@H](C(=O)Nc1cc([C@H]3CC[C@@H](OC(=O)N(C)N(C)C)C3)[nH]n1)C2. The second kappa shape index (κ2) is 22.9. The van der Waals surface area contributed by atoms with E-state index in [4.69, 9.17) is 18.9 Å². The molecule has 0 radical (unpaired) electrons. The van der Waals surface area contributed by atoms with Crippen molar-refractivity contribution in [1.82, 2.24) is 40.4 Å². The van der Waals surface area contributed by atoms with Gasteiger partial charge in [0.25, 0.3) is 0 Å². The molecular formula is C50H67N11O11. The fraction of sp³-hybridized carbons (Fsp3) is 0.520. The van der Waals surface area contributed by atoms with Gasteiger partial charge in [0.2, 0.25) is 11.8 Å². The van der Waals surface area contributed by atoms with Gasteiger partial charge in [-0.1, -0.05) is 0 Å². The Morgan fingerprint density at radius 2 is 1.08 bits per heavy atom. The molecule has 4 aromatic rings. The number of phenols is 2. The number of anilines is 2. The molecule has 22 nitrogen and oxygen atoms in total. The van der Waals surface area contributed by atoms with Crippen LogP contribution in [-0.4, -0.2) is 162 Å². The number of nitrogens with one attached hydrogen (secondary N) is 4. The summed E-state index contributed by atoms with van der Waals surface area (Å²) in [6.07, 6.45) is 7.51. The largest absolute Gasteiger partial charge is 0.507 e. The Morgan fingerprint density at radius 1 is 0.667 bits per heavy atom. The van der Waals surface area contributed by atoms with Crippen LogP contribution in [0.25, 0.3) is 0 Å². The van der Waals surface area contributed by atoms with Gasteiger partial charge in [0.05, 0.1) is 19.8 Å². The van der Waals surface area contributed by atoms with Gasteiger partial charge in [0.15, 0.2) is 17.9 Å². The third-order valence-electron chi connectivity index (χ3n) is 14.2. The molecule has 22 heteroatoms. The number of ether oxygens (including phenoxy) is 4. The molecule has 72 heavy (non-hydrogen) atoms. The van der Waals surface area contributed by atoms with Crippen LogP contribution in [0.5, 0.6) is 23.0 Å². The van der Waals surface area contributed by atoms with Crippen LogP contribution in [0, 0.1) is 11.8 Å². The highest BCUT2D eigenvalue weighted by molar-refractivity contribution is 5.95. The quantitative estimate of drug-likeness (QED) is 0.0483. The van der Waals surface area contributed by atoms with Crippen LogP contribution in [0.3, 0.4) is 0 Å². The summed E-state index contributed by atoms with van der Waals surface area (Å²) in [6, 6.07) is 6.66. The van der Waals surface area contributed by atoms with E-state index in [2.05, 4.69) is 36.0 Å². The average Bonchev–Trinajstić information content (AvgIpc) is 4.22. The minimum atomic E-state index is -0.413. The number of phenolic OH excluding ortho intramolecular Hbond substituents is 2. The van der Waals surface area contributed by atoms with Crippen LogP contribution in [0.15, 0.2) is 29.3 Å². The number of aromatic nitrogens is 4. The van der Waals surface area contributed by atoms with E-state index in [9.17, 15) is 34.2 Å². The van der Waals surface area contributed by atoms with Gasteiger partial charge in [-0.15, -0.1) is 0 Å². The lowest BCUT2D eigenvalue weighted by Crippen LogP contribution is -2.40. The number of carbonyl (C=O) groups excluding carboxylic acids is 5. The summed E-state index contributed by atoms with van der Waals surface area (Å²) in [4.78, 5) is 66.3. The molecule has 0 spiro atoms. The molecule has 0 aliphatic heterocycles. The molecular weight excluding hydrogens is 931 g/mol. The Bertz CT molecular complexity index is 2660. The second-order valence-electron chi connectivity index (χ2n) is 19.1.